The third-order valence-corrected chi connectivity index (χ3v) is 5.46. The number of hydrogen-bond acceptors (Lipinski definition) is 3. The van der Waals surface area contributed by atoms with Gasteiger partial charge in [0.25, 0.3) is 0 Å². The lowest BCUT2D eigenvalue weighted by Gasteiger charge is -2.20. The average Bonchev–Trinajstić information content (AvgIpc) is 2.99. The molecule has 0 amide bonds. The smallest absolute Gasteiger partial charge is 0.306 e. The zero-order valence-corrected chi connectivity index (χ0v) is 16.9. The van der Waals surface area contributed by atoms with Crippen molar-refractivity contribution < 1.29 is 9.90 Å². The number of nitrogens with zero attached hydrogens (tertiary/aromatic N) is 3. The second-order valence-corrected chi connectivity index (χ2v) is 7.43. The summed E-state index contributed by atoms with van der Waals surface area (Å²) in [7, 11) is 0. The molecular weight excluding hydrogens is 338 g/mol. The summed E-state index contributed by atoms with van der Waals surface area (Å²) in [5.74, 6) is -0.272. The lowest BCUT2D eigenvalue weighted by Crippen LogP contribution is -2.17. The van der Waals surface area contributed by atoms with E-state index < -0.39 is 11.9 Å². The van der Waals surface area contributed by atoms with Gasteiger partial charge in [0.15, 0.2) is 5.65 Å². The number of carboxylic acids is 1. The summed E-state index contributed by atoms with van der Waals surface area (Å²) < 4.78 is 2.12. The van der Waals surface area contributed by atoms with Crippen molar-refractivity contribution in [1.29, 1.82) is 0 Å². The Kier molecular flexibility index (Phi) is 5.05. The highest BCUT2D eigenvalue weighted by Gasteiger charge is 2.23. The Labute approximate surface area is 160 Å². The molecule has 0 spiro atoms. The molecular formula is C22H27N3O2. The number of imidazole rings is 1. The van der Waals surface area contributed by atoms with Crippen molar-refractivity contribution in [3.8, 4) is 5.69 Å². The zero-order valence-electron chi connectivity index (χ0n) is 16.9. The Morgan fingerprint density at radius 2 is 1.81 bits per heavy atom. The first-order valence-electron chi connectivity index (χ1n) is 9.43. The van der Waals surface area contributed by atoms with Gasteiger partial charge in [0.1, 0.15) is 11.3 Å². The molecule has 2 aromatic heterocycles. The van der Waals surface area contributed by atoms with E-state index in [4.69, 9.17) is 9.97 Å². The van der Waals surface area contributed by atoms with Crippen molar-refractivity contribution >= 4 is 17.1 Å². The van der Waals surface area contributed by atoms with Crippen molar-refractivity contribution in [3.63, 3.8) is 0 Å². The fourth-order valence-corrected chi connectivity index (χ4v) is 3.71. The maximum Gasteiger partial charge on any atom is 0.306 e. The highest BCUT2D eigenvalue weighted by molar-refractivity contribution is 5.78. The lowest BCUT2D eigenvalue weighted by atomic mass is 9.86. The number of carboxylic acid groups (broad SMARTS) is 1. The monoisotopic (exact) mass is 365 g/mol. The van der Waals surface area contributed by atoms with Crippen LogP contribution >= 0.6 is 0 Å². The van der Waals surface area contributed by atoms with Crippen LogP contribution in [-0.4, -0.2) is 25.6 Å². The van der Waals surface area contributed by atoms with Gasteiger partial charge in [-0.3, -0.25) is 9.36 Å². The number of pyridine rings is 1. The van der Waals surface area contributed by atoms with E-state index in [1.54, 1.807) is 6.92 Å². The molecule has 0 aliphatic heterocycles. The van der Waals surface area contributed by atoms with E-state index >= 15 is 0 Å². The third-order valence-electron chi connectivity index (χ3n) is 5.46. The van der Waals surface area contributed by atoms with E-state index in [0.717, 1.165) is 51.5 Å². The summed E-state index contributed by atoms with van der Waals surface area (Å²) in [6, 6.07) is 8.26. The van der Waals surface area contributed by atoms with Crippen LogP contribution in [0.2, 0.25) is 0 Å². The van der Waals surface area contributed by atoms with E-state index in [9.17, 15) is 9.90 Å². The van der Waals surface area contributed by atoms with Gasteiger partial charge in [-0.1, -0.05) is 26.8 Å². The SMILES string of the molecule is CCc1nc2c(C)cc(C)nc2n1-c1ccc(C(C)C(C)C(=O)O)c(C)c1. The van der Waals surface area contributed by atoms with Gasteiger partial charge < -0.3 is 5.11 Å². The van der Waals surface area contributed by atoms with Crippen molar-refractivity contribution in [2.24, 2.45) is 5.92 Å². The molecule has 3 aromatic rings. The summed E-state index contributed by atoms with van der Waals surface area (Å²) >= 11 is 0. The molecule has 0 aliphatic carbocycles. The molecule has 27 heavy (non-hydrogen) atoms. The molecule has 1 N–H and O–H groups in total. The highest BCUT2D eigenvalue weighted by Crippen LogP contribution is 2.30. The molecule has 2 heterocycles. The Morgan fingerprint density at radius 1 is 1.11 bits per heavy atom. The predicted octanol–water partition coefficient (Wildman–Crippen LogP) is 4.73. The molecule has 142 valence electrons. The van der Waals surface area contributed by atoms with Crippen molar-refractivity contribution in [3.05, 3.63) is 52.5 Å². The van der Waals surface area contributed by atoms with Gasteiger partial charge in [0.2, 0.25) is 0 Å². The van der Waals surface area contributed by atoms with Gasteiger partial charge in [-0.2, -0.15) is 0 Å². The highest BCUT2D eigenvalue weighted by atomic mass is 16.4. The molecule has 0 fully saturated rings. The summed E-state index contributed by atoms with van der Waals surface area (Å²) in [5, 5.41) is 9.33. The Hall–Kier alpha value is -2.69. The van der Waals surface area contributed by atoms with E-state index in [0.29, 0.717) is 0 Å². The Morgan fingerprint density at radius 3 is 2.41 bits per heavy atom. The second-order valence-electron chi connectivity index (χ2n) is 7.43. The molecule has 2 atom stereocenters. The van der Waals surface area contributed by atoms with Crippen molar-refractivity contribution in [2.75, 3.05) is 0 Å². The lowest BCUT2D eigenvalue weighted by molar-refractivity contribution is -0.141. The first-order valence-corrected chi connectivity index (χ1v) is 9.43. The predicted molar refractivity (Wildman–Crippen MR) is 108 cm³/mol. The minimum absolute atomic E-state index is 0.0515. The minimum atomic E-state index is -0.769. The maximum atomic E-state index is 11.4. The van der Waals surface area contributed by atoms with Crippen LogP contribution in [0, 0.1) is 26.7 Å². The molecule has 0 aliphatic rings. The summed E-state index contributed by atoms with van der Waals surface area (Å²) in [5.41, 5.74) is 7.08. The molecule has 5 nitrogen and oxygen atoms in total. The number of hydrogen-bond donors (Lipinski definition) is 1. The van der Waals surface area contributed by atoms with Crippen LogP contribution in [0.25, 0.3) is 16.9 Å². The molecule has 3 rings (SSSR count). The Balaban J connectivity index is 2.15. The van der Waals surface area contributed by atoms with Crippen LogP contribution < -0.4 is 0 Å². The van der Waals surface area contributed by atoms with E-state index in [1.165, 1.54) is 0 Å². The van der Waals surface area contributed by atoms with E-state index in [2.05, 4.69) is 30.5 Å². The standard InChI is InChI=1S/C22H27N3O2/c1-7-19-24-20-13(3)10-14(4)23-21(20)25(19)17-8-9-18(12(2)11-17)15(5)16(6)22(26)27/h8-11,15-16H,7H2,1-6H3,(H,26,27). The molecule has 0 saturated carbocycles. The number of fused-ring (bicyclic) bond motifs is 1. The van der Waals surface area contributed by atoms with Crippen LogP contribution in [0.5, 0.6) is 0 Å². The van der Waals surface area contributed by atoms with Crippen LogP contribution in [0.15, 0.2) is 24.3 Å². The van der Waals surface area contributed by atoms with Crippen LogP contribution in [0.3, 0.4) is 0 Å². The van der Waals surface area contributed by atoms with Crippen molar-refractivity contribution in [2.45, 2.75) is 53.9 Å². The van der Waals surface area contributed by atoms with Gasteiger partial charge >= 0.3 is 5.97 Å². The van der Waals surface area contributed by atoms with E-state index in [1.807, 2.05) is 32.9 Å². The normalized spacial score (nSPS) is 13.7. The fourth-order valence-electron chi connectivity index (χ4n) is 3.71. The maximum absolute atomic E-state index is 11.4. The number of aryl methyl sites for hydroxylation is 4. The second kappa shape index (κ2) is 7.14. The largest absolute Gasteiger partial charge is 0.481 e. The van der Waals surface area contributed by atoms with Gasteiger partial charge in [-0.15, -0.1) is 0 Å². The Bertz CT molecular complexity index is 1020. The molecule has 0 radical (unpaired) electrons. The number of benzene rings is 1. The average molecular weight is 365 g/mol. The van der Waals surface area contributed by atoms with E-state index in [-0.39, 0.29) is 5.92 Å². The summed E-state index contributed by atoms with van der Waals surface area (Å²) in [4.78, 5) is 20.9. The fraction of sp³-hybridized carbons (Fsp3) is 0.409. The number of aromatic nitrogens is 3. The molecule has 1 aromatic carbocycles. The zero-order chi connectivity index (χ0) is 19.9. The quantitative estimate of drug-likeness (QED) is 0.709. The molecule has 0 saturated heterocycles. The first-order chi connectivity index (χ1) is 12.7. The van der Waals surface area contributed by atoms with Crippen LogP contribution in [-0.2, 0) is 11.2 Å². The molecule has 0 bridgehead atoms. The third kappa shape index (κ3) is 3.34. The topological polar surface area (TPSA) is 68.0 Å². The van der Waals surface area contributed by atoms with Crippen molar-refractivity contribution in [1.82, 2.24) is 14.5 Å². The summed E-state index contributed by atoms with van der Waals surface area (Å²) in [6.45, 7) is 11.9. The number of carbonyl (C=O) groups is 1. The summed E-state index contributed by atoms with van der Waals surface area (Å²) in [6.07, 6.45) is 0.808. The molecule has 5 heteroatoms. The first kappa shape index (κ1) is 19.1. The minimum Gasteiger partial charge on any atom is -0.481 e. The van der Waals surface area contributed by atoms with Crippen LogP contribution in [0.1, 0.15) is 54.9 Å². The van der Waals surface area contributed by atoms with Gasteiger partial charge in [0.05, 0.1) is 5.92 Å². The van der Waals surface area contributed by atoms with Crippen LogP contribution in [0.4, 0.5) is 0 Å². The van der Waals surface area contributed by atoms with Gasteiger partial charge in [-0.05, 0) is 61.6 Å². The number of aliphatic carboxylic acids is 1. The van der Waals surface area contributed by atoms with Gasteiger partial charge in [0, 0.05) is 17.8 Å². The molecule has 2 unspecified atom stereocenters. The van der Waals surface area contributed by atoms with Gasteiger partial charge in [-0.25, -0.2) is 9.97 Å². The number of rotatable bonds is 5.